The van der Waals surface area contributed by atoms with Gasteiger partial charge in [-0.05, 0) is 18.3 Å². The number of hydrogen-bond acceptors (Lipinski definition) is 1. The van der Waals surface area contributed by atoms with Crippen LogP contribution < -0.4 is 0 Å². The van der Waals surface area contributed by atoms with Crippen molar-refractivity contribution in [3.05, 3.63) is 0 Å². The first-order chi connectivity index (χ1) is 15.7. The lowest BCUT2D eigenvalue weighted by molar-refractivity contribution is 0.154. The Bertz CT molecular complexity index is 326. The predicted octanol–water partition coefficient (Wildman–Crippen LogP) is 11.3. The van der Waals surface area contributed by atoms with Crippen molar-refractivity contribution < 1.29 is 4.74 Å². The van der Waals surface area contributed by atoms with Gasteiger partial charge in [0.25, 0.3) is 0 Å². The Hall–Kier alpha value is -0.0400. The molecule has 0 bridgehead atoms. The summed E-state index contributed by atoms with van der Waals surface area (Å²) in [5.74, 6) is 1.68. The highest BCUT2D eigenvalue weighted by atomic mass is 16.5. The number of methoxy groups -OCH3 is 1. The van der Waals surface area contributed by atoms with Gasteiger partial charge in [0, 0.05) is 13.7 Å². The van der Waals surface area contributed by atoms with Gasteiger partial charge in [-0.2, -0.15) is 0 Å². The number of unbranched alkanes of at least 4 members (excludes halogenated alkanes) is 20. The molecule has 0 aromatic rings. The number of hydrogen-bond donors (Lipinski definition) is 0. The molecule has 0 aliphatic carbocycles. The monoisotopic (exact) mass is 452 g/mol. The molecule has 32 heavy (non-hydrogen) atoms. The molecule has 0 N–H and O–H groups in total. The van der Waals surface area contributed by atoms with Crippen molar-refractivity contribution in [2.45, 2.75) is 175 Å². The maximum absolute atomic E-state index is 5.21. The van der Waals surface area contributed by atoms with E-state index in [4.69, 9.17) is 4.74 Å². The van der Waals surface area contributed by atoms with Gasteiger partial charge in [0.1, 0.15) is 0 Å². The Kier molecular flexibility index (Phi) is 27.2. The van der Waals surface area contributed by atoms with Crippen molar-refractivity contribution >= 4 is 0 Å². The molecule has 0 amide bonds. The Balaban J connectivity index is 3.05. The average Bonchev–Trinajstić information content (AvgIpc) is 2.79. The van der Waals surface area contributed by atoms with Gasteiger partial charge in [-0.1, -0.05) is 168 Å². The van der Waals surface area contributed by atoms with Crippen molar-refractivity contribution in [1.82, 2.24) is 0 Å². The van der Waals surface area contributed by atoms with E-state index in [0.717, 1.165) is 18.4 Å². The highest BCUT2D eigenvalue weighted by Gasteiger charge is 2.01. The molecular formula is C31H64O. The van der Waals surface area contributed by atoms with Crippen LogP contribution in [0, 0.1) is 11.8 Å². The summed E-state index contributed by atoms with van der Waals surface area (Å²) in [5, 5.41) is 0. The second kappa shape index (κ2) is 27.2. The van der Waals surface area contributed by atoms with Crippen LogP contribution in [0.3, 0.4) is 0 Å². The lowest BCUT2D eigenvalue weighted by Gasteiger charge is -2.09. The van der Waals surface area contributed by atoms with E-state index < -0.39 is 0 Å². The molecule has 0 fully saturated rings. The van der Waals surface area contributed by atoms with Gasteiger partial charge in [0.05, 0.1) is 0 Å². The van der Waals surface area contributed by atoms with Gasteiger partial charge >= 0.3 is 0 Å². The molecule has 0 aromatic heterocycles. The van der Waals surface area contributed by atoms with E-state index in [-0.39, 0.29) is 0 Å². The summed E-state index contributed by atoms with van der Waals surface area (Å²) in [6.07, 6.45) is 35.0. The van der Waals surface area contributed by atoms with E-state index in [1.807, 2.05) is 7.11 Å². The molecule has 0 aliphatic heterocycles. The molecule has 0 heterocycles. The second-order valence-electron chi connectivity index (χ2n) is 11.1. The molecule has 1 nitrogen and oxygen atoms in total. The van der Waals surface area contributed by atoms with E-state index in [0.29, 0.717) is 0 Å². The summed E-state index contributed by atoms with van der Waals surface area (Å²) in [5.41, 5.74) is 0. The third-order valence-corrected chi connectivity index (χ3v) is 7.54. The molecule has 0 aliphatic rings. The summed E-state index contributed by atoms with van der Waals surface area (Å²) in [7, 11) is 1.82. The fourth-order valence-electron chi connectivity index (χ4n) is 4.92. The summed E-state index contributed by atoms with van der Waals surface area (Å²) in [6, 6.07) is 0. The van der Waals surface area contributed by atoms with Crippen LogP contribution >= 0.6 is 0 Å². The van der Waals surface area contributed by atoms with Crippen LogP contribution in [-0.4, -0.2) is 13.7 Å². The van der Waals surface area contributed by atoms with Crippen LogP contribution in [0.25, 0.3) is 0 Å². The Labute approximate surface area is 205 Å². The van der Waals surface area contributed by atoms with Gasteiger partial charge in [0.15, 0.2) is 0 Å². The van der Waals surface area contributed by atoms with Crippen molar-refractivity contribution in [3.63, 3.8) is 0 Å². The molecule has 0 aromatic carbocycles. The van der Waals surface area contributed by atoms with Crippen molar-refractivity contribution in [3.8, 4) is 0 Å². The largest absolute Gasteiger partial charge is 0.384 e. The quantitative estimate of drug-likeness (QED) is 0.113. The van der Waals surface area contributed by atoms with E-state index in [9.17, 15) is 0 Å². The average molecular weight is 453 g/mol. The number of ether oxygens (including phenoxy) is 1. The van der Waals surface area contributed by atoms with E-state index in [2.05, 4.69) is 20.8 Å². The number of rotatable bonds is 27. The first-order valence-electron chi connectivity index (χ1n) is 15.2. The van der Waals surface area contributed by atoms with Crippen LogP contribution in [-0.2, 0) is 4.74 Å². The molecule has 1 heteroatoms. The van der Waals surface area contributed by atoms with Gasteiger partial charge in [0.2, 0.25) is 0 Å². The smallest absolute Gasteiger partial charge is 0.0487 e. The molecule has 0 saturated carbocycles. The first kappa shape index (κ1) is 32.0. The van der Waals surface area contributed by atoms with Crippen LogP contribution in [0.5, 0.6) is 0 Å². The van der Waals surface area contributed by atoms with Crippen LogP contribution in [0.2, 0.25) is 0 Å². The lowest BCUT2D eigenvalue weighted by Crippen LogP contribution is -2.02. The molecule has 2 atom stereocenters. The van der Waals surface area contributed by atoms with Crippen LogP contribution in [0.4, 0.5) is 0 Å². The van der Waals surface area contributed by atoms with Crippen molar-refractivity contribution in [1.29, 1.82) is 0 Å². The normalized spacial score (nSPS) is 13.5. The van der Waals surface area contributed by atoms with Gasteiger partial charge in [-0.15, -0.1) is 0 Å². The topological polar surface area (TPSA) is 9.23 Å². The molecule has 0 spiro atoms. The zero-order chi connectivity index (χ0) is 23.5. The molecule has 0 rings (SSSR count). The lowest BCUT2D eigenvalue weighted by atomic mass is 9.99. The maximum Gasteiger partial charge on any atom is 0.0487 e. The highest BCUT2D eigenvalue weighted by Crippen LogP contribution is 2.17. The summed E-state index contributed by atoms with van der Waals surface area (Å²) in [6.45, 7) is 7.96. The molecule has 194 valence electrons. The standard InChI is InChI=1S/C31H64O/c1-5-30(2)27-25-23-21-19-17-15-13-11-9-7-6-8-10-12-14-16-18-20-22-24-26-28-31(3)29-32-4/h30-31H,5-29H2,1-4H3. The zero-order valence-corrected chi connectivity index (χ0v) is 23.2. The highest BCUT2D eigenvalue weighted by molar-refractivity contribution is 4.54. The minimum Gasteiger partial charge on any atom is -0.384 e. The first-order valence-corrected chi connectivity index (χ1v) is 15.2. The SMILES string of the molecule is CCC(C)CCCCCCCCCCCCCCCCCCCCCCCC(C)COC. The van der Waals surface area contributed by atoms with E-state index in [1.165, 1.54) is 154 Å². The van der Waals surface area contributed by atoms with Crippen molar-refractivity contribution in [2.24, 2.45) is 11.8 Å². The van der Waals surface area contributed by atoms with Gasteiger partial charge in [-0.25, -0.2) is 0 Å². The summed E-state index contributed by atoms with van der Waals surface area (Å²) >= 11 is 0. The Morgan fingerprint density at radius 3 is 0.906 bits per heavy atom. The maximum atomic E-state index is 5.21. The van der Waals surface area contributed by atoms with Gasteiger partial charge in [-0.3, -0.25) is 0 Å². The van der Waals surface area contributed by atoms with Crippen molar-refractivity contribution in [2.75, 3.05) is 13.7 Å². The second-order valence-corrected chi connectivity index (χ2v) is 11.1. The Morgan fingerprint density at radius 1 is 0.406 bits per heavy atom. The van der Waals surface area contributed by atoms with E-state index in [1.54, 1.807) is 0 Å². The molecule has 2 unspecified atom stereocenters. The third kappa shape index (κ3) is 26.2. The minimum absolute atomic E-state index is 0.740. The molecule has 0 saturated heterocycles. The predicted molar refractivity (Wildman–Crippen MR) is 147 cm³/mol. The molecular weight excluding hydrogens is 388 g/mol. The molecule has 0 radical (unpaired) electrons. The fourth-order valence-corrected chi connectivity index (χ4v) is 4.92. The van der Waals surface area contributed by atoms with Crippen LogP contribution in [0.1, 0.15) is 175 Å². The Morgan fingerprint density at radius 2 is 0.656 bits per heavy atom. The third-order valence-electron chi connectivity index (χ3n) is 7.54. The zero-order valence-electron chi connectivity index (χ0n) is 23.2. The van der Waals surface area contributed by atoms with E-state index >= 15 is 0 Å². The summed E-state index contributed by atoms with van der Waals surface area (Å²) in [4.78, 5) is 0. The van der Waals surface area contributed by atoms with Gasteiger partial charge < -0.3 is 4.74 Å². The summed E-state index contributed by atoms with van der Waals surface area (Å²) < 4.78 is 5.21. The fraction of sp³-hybridized carbons (Fsp3) is 1.00. The van der Waals surface area contributed by atoms with Crippen LogP contribution in [0.15, 0.2) is 0 Å². The minimum atomic E-state index is 0.740.